The maximum Gasteiger partial charge on any atom is 0.326 e. The van der Waals surface area contributed by atoms with Gasteiger partial charge in [0.25, 0.3) is 11.8 Å². The van der Waals surface area contributed by atoms with Crippen molar-refractivity contribution in [2.24, 2.45) is 5.73 Å². The van der Waals surface area contributed by atoms with Gasteiger partial charge in [-0.05, 0) is 18.6 Å². The van der Waals surface area contributed by atoms with Gasteiger partial charge in [0.1, 0.15) is 11.8 Å². The Morgan fingerprint density at radius 2 is 1.95 bits per heavy atom. The zero-order valence-electron chi connectivity index (χ0n) is 11.9. The van der Waals surface area contributed by atoms with Gasteiger partial charge in [0, 0.05) is 7.05 Å². The van der Waals surface area contributed by atoms with Crippen molar-refractivity contribution < 1.29 is 24.2 Å². The Labute approximate surface area is 122 Å². The lowest BCUT2D eigenvalue weighted by molar-refractivity contribution is -0.149. The average Bonchev–Trinajstić information content (AvgIpc) is 2.45. The number of rotatable bonds is 7. The highest BCUT2D eigenvalue weighted by Crippen LogP contribution is 2.17. The molecule has 3 N–H and O–H groups in total. The summed E-state index contributed by atoms with van der Waals surface area (Å²) in [5.41, 5.74) is 5.36. The number of likely N-dealkylation sites (N-methyl/N-ethyl adjacent to an activating group) is 1. The number of hydrogen-bond acceptors (Lipinski definition) is 4. The van der Waals surface area contributed by atoms with Crippen LogP contribution in [0.25, 0.3) is 0 Å². The predicted molar refractivity (Wildman–Crippen MR) is 74.9 cm³/mol. The van der Waals surface area contributed by atoms with Gasteiger partial charge in [0.2, 0.25) is 0 Å². The van der Waals surface area contributed by atoms with Crippen molar-refractivity contribution in [2.45, 2.75) is 19.4 Å². The van der Waals surface area contributed by atoms with Crippen LogP contribution >= 0.6 is 0 Å². The zero-order valence-corrected chi connectivity index (χ0v) is 11.9. The summed E-state index contributed by atoms with van der Waals surface area (Å²) < 4.78 is 5.27. The molecule has 0 aliphatic carbocycles. The minimum atomic E-state index is -1.08. The van der Waals surface area contributed by atoms with Crippen molar-refractivity contribution in [1.82, 2.24) is 4.90 Å². The largest absolute Gasteiger partial charge is 0.483 e. The number of carboxylic acid groups (broad SMARTS) is 1. The summed E-state index contributed by atoms with van der Waals surface area (Å²) in [4.78, 5) is 35.2. The summed E-state index contributed by atoms with van der Waals surface area (Å²) in [5, 5.41) is 9.00. The zero-order chi connectivity index (χ0) is 16.0. The molecule has 1 rings (SSSR count). The molecular formula is C14H18N2O5. The standard InChI is InChI=1S/C14H18N2O5/c1-3-10(14(19)20)16(2)12(17)8-21-11-7-5-4-6-9(11)13(15)18/h4-7,10H,3,8H2,1-2H3,(H2,15,18)(H,19,20). The van der Waals surface area contributed by atoms with Crippen LogP contribution in [-0.2, 0) is 9.59 Å². The molecule has 0 saturated carbocycles. The lowest BCUT2D eigenvalue weighted by Gasteiger charge is -2.23. The van der Waals surface area contributed by atoms with Crippen molar-refractivity contribution in [3.8, 4) is 5.75 Å². The second kappa shape index (κ2) is 7.28. The van der Waals surface area contributed by atoms with Gasteiger partial charge in [-0.25, -0.2) is 4.79 Å². The molecule has 0 radical (unpaired) electrons. The van der Waals surface area contributed by atoms with E-state index >= 15 is 0 Å². The molecule has 0 saturated heterocycles. The molecule has 21 heavy (non-hydrogen) atoms. The number of amides is 2. The Kier molecular flexibility index (Phi) is 5.71. The van der Waals surface area contributed by atoms with Crippen LogP contribution in [-0.4, -0.2) is 47.5 Å². The van der Waals surface area contributed by atoms with Crippen molar-refractivity contribution in [1.29, 1.82) is 0 Å². The molecule has 0 aliphatic rings. The molecule has 1 atom stereocenters. The number of nitrogens with zero attached hydrogens (tertiary/aromatic N) is 1. The van der Waals surface area contributed by atoms with Gasteiger partial charge < -0.3 is 20.5 Å². The number of aliphatic carboxylic acids is 1. The number of carboxylic acids is 1. The van der Waals surface area contributed by atoms with Gasteiger partial charge in [-0.1, -0.05) is 19.1 Å². The summed E-state index contributed by atoms with van der Waals surface area (Å²) in [5.74, 6) is -2.05. The van der Waals surface area contributed by atoms with Crippen LogP contribution in [0.4, 0.5) is 0 Å². The Hall–Kier alpha value is -2.57. The maximum atomic E-state index is 11.9. The third-order valence-electron chi connectivity index (χ3n) is 3.04. The SMILES string of the molecule is CCC(C(=O)O)N(C)C(=O)COc1ccccc1C(N)=O. The summed E-state index contributed by atoms with van der Waals surface area (Å²) in [6, 6.07) is 5.35. The number of para-hydroxylation sites is 1. The summed E-state index contributed by atoms with van der Waals surface area (Å²) in [7, 11) is 1.40. The smallest absolute Gasteiger partial charge is 0.326 e. The third kappa shape index (κ3) is 4.20. The highest BCUT2D eigenvalue weighted by Gasteiger charge is 2.25. The molecule has 1 unspecified atom stereocenters. The van der Waals surface area contributed by atoms with Crippen LogP contribution in [0.5, 0.6) is 5.75 Å². The second-order valence-electron chi connectivity index (χ2n) is 4.42. The predicted octanol–water partition coefficient (Wildman–Crippen LogP) is 0.486. The fourth-order valence-electron chi connectivity index (χ4n) is 1.83. The minimum Gasteiger partial charge on any atom is -0.483 e. The molecule has 1 aromatic carbocycles. The molecular weight excluding hydrogens is 276 g/mol. The first kappa shape index (κ1) is 16.5. The van der Waals surface area contributed by atoms with Crippen LogP contribution in [0.15, 0.2) is 24.3 Å². The first-order valence-electron chi connectivity index (χ1n) is 6.38. The van der Waals surface area contributed by atoms with Crippen LogP contribution < -0.4 is 10.5 Å². The molecule has 0 bridgehead atoms. The summed E-state index contributed by atoms with van der Waals surface area (Å²) in [6.45, 7) is 1.30. The third-order valence-corrected chi connectivity index (χ3v) is 3.04. The second-order valence-corrected chi connectivity index (χ2v) is 4.42. The number of primary amides is 1. The van der Waals surface area contributed by atoms with E-state index < -0.39 is 23.8 Å². The Morgan fingerprint density at radius 1 is 1.33 bits per heavy atom. The van der Waals surface area contributed by atoms with E-state index in [0.717, 1.165) is 4.90 Å². The van der Waals surface area contributed by atoms with Crippen LogP contribution in [0.2, 0.25) is 0 Å². The molecule has 0 aromatic heterocycles. The summed E-state index contributed by atoms with van der Waals surface area (Å²) >= 11 is 0. The number of carbonyl (C=O) groups is 3. The van der Waals surface area contributed by atoms with Crippen molar-refractivity contribution >= 4 is 17.8 Å². The maximum absolute atomic E-state index is 11.9. The van der Waals surface area contributed by atoms with Crippen molar-refractivity contribution in [3.63, 3.8) is 0 Å². The topological polar surface area (TPSA) is 110 Å². The van der Waals surface area contributed by atoms with E-state index in [2.05, 4.69) is 0 Å². The van der Waals surface area contributed by atoms with Gasteiger partial charge in [-0.2, -0.15) is 0 Å². The highest BCUT2D eigenvalue weighted by atomic mass is 16.5. The van der Waals surface area contributed by atoms with Crippen LogP contribution in [0, 0.1) is 0 Å². The van der Waals surface area contributed by atoms with E-state index in [-0.39, 0.29) is 24.3 Å². The molecule has 2 amide bonds. The fraction of sp³-hybridized carbons (Fsp3) is 0.357. The molecule has 1 aromatic rings. The number of carbonyl (C=O) groups excluding carboxylic acids is 2. The lowest BCUT2D eigenvalue weighted by Crippen LogP contribution is -2.44. The molecule has 0 heterocycles. The van der Waals surface area contributed by atoms with E-state index in [4.69, 9.17) is 15.6 Å². The number of nitrogens with two attached hydrogens (primary N) is 1. The molecule has 0 fully saturated rings. The first-order chi connectivity index (χ1) is 9.88. The van der Waals surface area contributed by atoms with E-state index in [1.807, 2.05) is 0 Å². The minimum absolute atomic E-state index is 0.165. The Morgan fingerprint density at radius 3 is 2.48 bits per heavy atom. The van der Waals surface area contributed by atoms with Gasteiger partial charge in [-0.3, -0.25) is 9.59 Å². The fourth-order valence-corrected chi connectivity index (χ4v) is 1.83. The highest BCUT2D eigenvalue weighted by molar-refractivity contribution is 5.95. The van der Waals surface area contributed by atoms with E-state index in [9.17, 15) is 14.4 Å². The normalized spacial score (nSPS) is 11.5. The van der Waals surface area contributed by atoms with Gasteiger partial charge in [0.05, 0.1) is 5.56 Å². The first-order valence-corrected chi connectivity index (χ1v) is 6.38. The van der Waals surface area contributed by atoms with E-state index in [1.165, 1.54) is 19.2 Å². The number of benzene rings is 1. The van der Waals surface area contributed by atoms with Crippen LogP contribution in [0.3, 0.4) is 0 Å². The molecule has 7 heteroatoms. The number of ether oxygens (including phenoxy) is 1. The van der Waals surface area contributed by atoms with E-state index in [1.54, 1.807) is 19.1 Å². The van der Waals surface area contributed by atoms with Gasteiger partial charge in [-0.15, -0.1) is 0 Å². The van der Waals surface area contributed by atoms with E-state index in [0.29, 0.717) is 0 Å². The van der Waals surface area contributed by atoms with Crippen molar-refractivity contribution in [3.05, 3.63) is 29.8 Å². The Bertz CT molecular complexity index is 544. The molecule has 7 nitrogen and oxygen atoms in total. The molecule has 0 aliphatic heterocycles. The molecule has 0 spiro atoms. The monoisotopic (exact) mass is 294 g/mol. The summed E-state index contributed by atoms with van der Waals surface area (Å²) in [6.07, 6.45) is 0.287. The van der Waals surface area contributed by atoms with Crippen molar-refractivity contribution in [2.75, 3.05) is 13.7 Å². The quantitative estimate of drug-likeness (QED) is 0.760. The Balaban J connectivity index is 2.73. The lowest BCUT2D eigenvalue weighted by atomic mass is 10.2. The average molecular weight is 294 g/mol. The molecule has 114 valence electrons. The number of hydrogen-bond donors (Lipinski definition) is 2. The van der Waals surface area contributed by atoms with Gasteiger partial charge in [0.15, 0.2) is 6.61 Å². The van der Waals surface area contributed by atoms with Gasteiger partial charge >= 0.3 is 5.97 Å². The van der Waals surface area contributed by atoms with Crippen LogP contribution in [0.1, 0.15) is 23.7 Å².